The summed E-state index contributed by atoms with van der Waals surface area (Å²) in [4.78, 5) is 29.5. The lowest BCUT2D eigenvalue weighted by Gasteiger charge is -2.47. The molecule has 0 spiro atoms. The molecule has 2 heterocycles. The van der Waals surface area contributed by atoms with Gasteiger partial charge < -0.3 is 39.2 Å². The molecule has 0 bridgehead atoms. The first kappa shape index (κ1) is 42.7. The number of halogens is 2. The quantitative estimate of drug-likeness (QED) is 0.163. The average Bonchev–Trinajstić information content (AvgIpc) is 3.07. The predicted molar refractivity (Wildman–Crippen MR) is 187 cm³/mol. The van der Waals surface area contributed by atoms with Gasteiger partial charge >= 0.3 is 5.97 Å². The van der Waals surface area contributed by atoms with Gasteiger partial charge in [0.2, 0.25) is 0 Å². The van der Waals surface area contributed by atoms with E-state index in [0.29, 0.717) is 6.42 Å². The molecule has 14 heteroatoms. The second-order valence-electron chi connectivity index (χ2n) is 14.9. The van der Waals surface area contributed by atoms with Gasteiger partial charge in [-0.05, 0) is 79.1 Å². The van der Waals surface area contributed by atoms with Gasteiger partial charge in [0.25, 0.3) is 0 Å². The molecule has 3 N–H and O–H groups in total. The lowest BCUT2D eigenvalue weighted by atomic mass is 9.74. The van der Waals surface area contributed by atoms with Crippen molar-refractivity contribution in [3.63, 3.8) is 0 Å². The van der Waals surface area contributed by atoms with Gasteiger partial charge in [0.1, 0.15) is 35.4 Å². The van der Waals surface area contributed by atoms with Gasteiger partial charge in [-0.3, -0.25) is 9.59 Å². The maximum absolute atomic E-state index is 14.4. The summed E-state index contributed by atoms with van der Waals surface area (Å²) in [5.41, 5.74) is -3.55. The number of ketones is 1. The first-order valence-electron chi connectivity index (χ1n) is 17.6. The molecule has 2 aliphatic heterocycles. The van der Waals surface area contributed by atoms with Crippen molar-refractivity contribution >= 4 is 23.7 Å². The van der Waals surface area contributed by atoms with Gasteiger partial charge in [0.15, 0.2) is 12.1 Å². The van der Waals surface area contributed by atoms with Crippen LogP contribution in [0, 0.1) is 35.3 Å². The normalized spacial score (nSPS) is 40.1. The zero-order valence-corrected chi connectivity index (χ0v) is 31.7. The van der Waals surface area contributed by atoms with Crippen molar-refractivity contribution in [1.29, 1.82) is 0 Å². The maximum Gasteiger partial charge on any atom is 0.316 e. The molecular weight excluding hydrogens is 668 g/mol. The van der Waals surface area contributed by atoms with E-state index in [4.69, 9.17) is 18.9 Å². The summed E-state index contributed by atoms with van der Waals surface area (Å²) in [6.07, 6.45) is -4.83. The first-order valence-corrected chi connectivity index (χ1v) is 17.6. The Morgan fingerprint density at radius 3 is 2.22 bits per heavy atom. The molecule has 0 radical (unpaired) electrons. The van der Waals surface area contributed by atoms with E-state index < -0.39 is 94.5 Å². The molecule has 0 saturated carbocycles. The van der Waals surface area contributed by atoms with E-state index in [-0.39, 0.29) is 30.7 Å². The van der Waals surface area contributed by atoms with Crippen molar-refractivity contribution in [2.75, 3.05) is 21.2 Å². The second-order valence-corrected chi connectivity index (χ2v) is 14.9. The Kier molecular flexibility index (Phi) is 14.6. The highest BCUT2D eigenvalue weighted by atomic mass is 19.1. The summed E-state index contributed by atoms with van der Waals surface area (Å²) in [5.74, 6) is -7.00. The lowest BCUT2D eigenvalue weighted by Crippen LogP contribution is -2.60. The highest BCUT2D eigenvalue weighted by molar-refractivity contribution is 6.00. The number of Topliss-reactive ketones (excluding diaryl/α,β-unsaturated/α-hetero) is 1. The van der Waals surface area contributed by atoms with Gasteiger partial charge in [-0.25, -0.2) is 8.78 Å². The molecule has 2 fully saturated rings. The number of likely N-dealkylation sites (N-methyl/N-ethyl adjacent to an activating group) is 1. The summed E-state index contributed by atoms with van der Waals surface area (Å²) < 4.78 is 53.3. The van der Waals surface area contributed by atoms with Crippen LogP contribution in [-0.4, -0.2) is 119 Å². The van der Waals surface area contributed by atoms with Crippen molar-refractivity contribution in [3.8, 4) is 0 Å². The second kappa shape index (κ2) is 17.4. The topological polar surface area (TPSA) is 160 Å². The first-order chi connectivity index (χ1) is 23.7. The van der Waals surface area contributed by atoms with Crippen LogP contribution >= 0.6 is 0 Å². The summed E-state index contributed by atoms with van der Waals surface area (Å²) in [6.45, 7) is 13.0. The highest BCUT2D eigenvalue weighted by Gasteiger charge is 2.51. The molecule has 13 unspecified atom stereocenters. The minimum atomic E-state index is -2.02. The molecular formula is C37H57F2N3O9. The van der Waals surface area contributed by atoms with Gasteiger partial charge in [-0.1, -0.05) is 33.8 Å². The van der Waals surface area contributed by atoms with E-state index in [1.165, 1.54) is 27.0 Å². The monoisotopic (exact) mass is 725 g/mol. The molecule has 12 nitrogen and oxygen atoms in total. The smallest absolute Gasteiger partial charge is 0.316 e. The molecule has 13 atom stereocenters. The number of nitrogens with zero attached hydrogens (tertiary/aromatic N) is 3. The van der Waals surface area contributed by atoms with Crippen LogP contribution in [0.3, 0.4) is 0 Å². The fourth-order valence-electron chi connectivity index (χ4n) is 7.42. The fourth-order valence-corrected chi connectivity index (χ4v) is 7.42. The largest absolute Gasteiger partial charge is 0.459 e. The number of carbonyl (C=O) groups is 2. The summed E-state index contributed by atoms with van der Waals surface area (Å²) in [7, 11) is 5.12. The fraction of sp³-hybridized carbons (Fsp3) is 0.730. The van der Waals surface area contributed by atoms with Crippen LogP contribution in [-0.2, 0) is 28.5 Å². The number of aliphatic hydroxyl groups excluding tert-OH is 2. The van der Waals surface area contributed by atoms with Crippen molar-refractivity contribution in [1.82, 2.24) is 4.90 Å². The van der Waals surface area contributed by atoms with Crippen LogP contribution in [0.4, 0.5) is 8.78 Å². The number of carbonyl (C=O) groups excluding carboxylic acids is 2. The van der Waals surface area contributed by atoms with E-state index in [1.54, 1.807) is 34.6 Å². The SMILES string of the molecule is CCC1OC(=O)C(C)C(=O)C(C)C(OC2OC(C)CC(N(C)C)C2O)C(C)(OC)CC(C)C(=NN=Cc2c(F)cccc2F)C(C)C(O)C1(C)O. The van der Waals surface area contributed by atoms with Gasteiger partial charge in [-0.15, -0.1) is 0 Å². The minimum Gasteiger partial charge on any atom is -0.459 e. The van der Waals surface area contributed by atoms with E-state index in [2.05, 4.69) is 10.2 Å². The van der Waals surface area contributed by atoms with Crippen LogP contribution in [0.25, 0.3) is 0 Å². The number of ether oxygens (including phenoxy) is 4. The van der Waals surface area contributed by atoms with Gasteiger partial charge in [0, 0.05) is 30.7 Å². The standard InChI is InChI=1S/C37H57F2N3O9/c1-12-28-37(8,47)32(45)21(4)29(41-40-18-24-25(38)14-13-15-26(24)39)19(2)17-36(7,48-11)33(22(5)30(43)23(6)34(46)50-28)51-35-31(44)27(42(9)10)16-20(3)49-35/h13-15,18-23,27-28,31-33,35,44-45,47H,12,16-17H2,1-11H3. The lowest BCUT2D eigenvalue weighted by molar-refractivity contribution is -0.295. The molecule has 0 aromatic heterocycles. The zero-order chi connectivity index (χ0) is 38.6. The summed E-state index contributed by atoms with van der Waals surface area (Å²) in [5, 5.41) is 43.1. The molecule has 0 amide bonds. The summed E-state index contributed by atoms with van der Waals surface area (Å²) >= 11 is 0. The number of hydrogen-bond acceptors (Lipinski definition) is 12. The van der Waals surface area contributed by atoms with Crippen molar-refractivity contribution in [2.24, 2.45) is 33.9 Å². The predicted octanol–water partition coefficient (Wildman–Crippen LogP) is 3.91. The van der Waals surface area contributed by atoms with Crippen molar-refractivity contribution < 1.29 is 52.6 Å². The Morgan fingerprint density at radius 1 is 1.06 bits per heavy atom. The van der Waals surface area contributed by atoms with E-state index in [1.807, 2.05) is 25.9 Å². The third-order valence-corrected chi connectivity index (χ3v) is 10.7. The molecule has 0 aliphatic carbocycles. The highest BCUT2D eigenvalue weighted by Crippen LogP contribution is 2.38. The van der Waals surface area contributed by atoms with Crippen LogP contribution < -0.4 is 0 Å². The third-order valence-electron chi connectivity index (χ3n) is 10.7. The Labute approximate surface area is 300 Å². The molecule has 288 valence electrons. The minimum absolute atomic E-state index is 0.0823. The number of cyclic esters (lactones) is 1. The third kappa shape index (κ3) is 9.45. The maximum atomic E-state index is 14.4. The molecule has 1 aromatic rings. The van der Waals surface area contributed by atoms with Gasteiger partial charge in [0.05, 0.1) is 35.7 Å². The van der Waals surface area contributed by atoms with E-state index in [9.17, 15) is 33.7 Å². The van der Waals surface area contributed by atoms with Crippen LogP contribution in [0.5, 0.6) is 0 Å². The van der Waals surface area contributed by atoms with Crippen LogP contribution in [0.2, 0.25) is 0 Å². The Bertz CT molecular complexity index is 1410. The molecule has 51 heavy (non-hydrogen) atoms. The molecule has 1 aromatic carbocycles. The molecule has 2 saturated heterocycles. The average molecular weight is 726 g/mol. The number of aliphatic hydroxyl groups is 3. The van der Waals surface area contributed by atoms with Gasteiger partial charge in [-0.2, -0.15) is 10.2 Å². The number of rotatable bonds is 7. The Morgan fingerprint density at radius 2 is 1.67 bits per heavy atom. The zero-order valence-electron chi connectivity index (χ0n) is 31.7. The van der Waals surface area contributed by atoms with Crippen LogP contribution in [0.15, 0.2) is 28.4 Å². The number of methoxy groups -OCH3 is 1. The summed E-state index contributed by atoms with van der Waals surface area (Å²) in [6, 6.07) is 3.07. The Hall–Kier alpha value is -2.72. The van der Waals surface area contributed by atoms with Crippen molar-refractivity contribution in [2.45, 2.75) is 129 Å². The molecule has 3 rings (SSSR count). The number of benzene rings is 1. The number of hydrogen-bond donors (Lipinski definition) is 3. The molecule has 2 aliphatic rings. The van der Waals surface area contributed by atoms with Crippen LogP contribution in [0.1, 0.15) is 80.2 Å². The van der Waals surface area contributed by atoms with Crippen molar-refractivity contribution in [3.05, 3.63) is 35.4 Å². The number of esters is 1. The Balaban J connectivity index is 2.21. The van der Waals surface area contributed by atoms with E-state index >= 15 is 0 Å². The van der Waals surface area contributed by atoms with E-state index in [0.717, 1.165) is 18.3 Å².